The molecule has 124 valence electrons. The number of nitrogens with one attached hydrogen (secondary N) is 1. The molecule has 0 radical (unpaired) electrons. The van der Waals surface area contributed by atoms with Crippen molar-refractivity contribution in [2.75, 3.05) is 13.1 Å². The Hall–Kier alpha value is -2.04. The molecular formula is C19H20ClN3O. The molecule has 2 aromatic heterocycles. The van der Waals surface area contributed by atoms with E-state index in [2.05, 4.69) is 27.2 Å². The molecule has 3 heterocycles. The summed E-state index contributed by atoms with van der Waals surface area (Å²) in [7, 11) is 0. The van der Waals surface area contributed by atoms with Crippen LogP contribution in [0.5, 0.6) is 0 Å². The molecule has 1 atom stereocenters. The van der Waals surface area contributed by atoms with Crippen molar-refractivity contribution in [2.24, 2.45) is 0 Å². The van der Waals surface area contributed by atoms with E-state index in [9.17, 15) is 0 Å². The molecule has 0 saturated carbocycles. The molecule has 1 fully saturated rings. The fourth-order valence-electron chi connectivity index (χ4n) is 3.44. The highest BCUT2D eigenvalue weighted by Gasteiger charge is 2.23. The average Bonchev–Trinajstić information content (AvgIpc) is 3.27. The molecule has 1 N–H and O–H groups in total. The highest BCUT2D eigenvalue weighted by Crippen LogP contribution is 2.30. The van der Waals surface area contributed by atoms with E-state index < -0.39 is 0 Å². The van der Waals surface area contributed by atoms with Crippen molar-refractivity contribution in [1.82, 2.24) is 15.1 Å². The lowest BCUT2D eigenvalue weighted by Gasteiger charge is -2.31. The molecule has 3 aromatic rings. The van der Waals surface area contributed by atoms with Crippen LogP contribution in [0.4, 0.5) is 0 Å². The van der Waals surface area contributed by atoms with Crippen molar-refractivity contribution in [3.63, 3.8) is 0 Å². The van der Waals surface area contributed by atoms with Crippen LogP contribution in [-0.2, 0) is 6.54 Å². The normalized spacial score (nSPS) is 18.8. The maximum atomic E-state index is 6.26. The van der Waals surface area contributed by atoms with Crippen molar-refractivity contribution in [3.8, 4) is 11.3 Å². The number of rotatable bonds is 4. The maximum absolute atomic E-state index is 6.26. The highest BCUT2D eigenvalue weighted by molar-refractivity contribution is 6.33. The number of nitrogens with zero attached hydrogens (tertiary/aromatic N) is 2. The molecule has 1 aliphatic rings. The molecule has 4 nitrogen and oxygen atoms in total. The molecule has 0 amide bonds. The van der Waals surface area contributed by atoms with Crippen molar-refractivity contribution < 1.29 is 4.42 Å². The van der Waals surface area contributed by atoms with Crippen LogP contribution in [0.15, 0.2) is 53.1 Å². The van der Waals surface area contributed by atoms with Crippen LogP contribution in [0.1, 0.15) is 30.2 Å². The molecule has 1 aromatic carbocycles. The molecule has 1 aliphatic heterocycles. The number of halogens is 1. The summed E-state index contributed by atoms with van der Waals surface area (Å²) in [6, 6.07) is 13.9. The number of furan rings is 1. The van der Waals surface area contributed by atoms with Crippen LogP contribution in [0.2, 0.25) is 5.02 Å². The van der Waals surface area contributed by atoms with Gasteiger partial charge in [0.1, 0.15) is 11.5 Å². The minimum absolute atomic E-state index is 0.527. The van der Waals surface area contributed by atoms with Crippen LogP contribution in [0.25, 0.3) is 11.3 Å². The van der Waals surface area contributed by atoms with Gasteiger partial charge in [-0.3, -0.25) is 10.00 Å². The van der Waals surface area contributed by atoms with Crippen molar-refractivity contribution in [3.05, 3.63) is 65.1 Å². The molecule has 0 spiro atoms. The summed E-state index contributed by atoms with van der Waals surface area (Å²) < 4.78 is 6.03. The second-order valence-corrected chi connectivity index (χ2v) is 6.74. The van der Waals surface area contributed by atoms with E-state index in [1.165, 1.54) is 18.5 Å². The second-order valence-electron chi connectivity index (χ2n) is 6.33. The standard InChI is InChI=1S/C19H20ClN3O/c20-17-6-2-1-5-16(17)19-8-7-15(24-19)13-23-11-3-4-14(12-23)18-9-10-21-22-18/h1-2,5-10,14H,3-4,11-13H2,(H,21,22). The maximum Gasteiger partial charge on any atom is 0.135 e. The molecule has 1 saturated heterocycles. The smallest absolute Gasteiger partial charge is 0.135 e. The first-order valence-electron chi connectivity index (χ1n) is 8.35. The number of H-pyrrole nitrogens is 1. The number of aromatic nitrogens is 2. The van der Waals surface area contributed by atoms with Crippen LogP contribution >= 0.6 is 11.6 Å². The van der Waals surface area contributed by atoms with Gasteiger partial charge in [0, 0.05) is 29.9 Å². The zero-order valence-electron chi connectivity index (χ0n) is 13.4. The van der Waals surface area contributed by atoms with E-state index >= 15 is 0 Å². The summed E-state index contributed by atoms with van der Waals surface area (Å²) in [6.07, 6.45) is 4.24. The third-order valence-corrected chi connectivity index (χ3v) is 4.98. The number of aromatic amines is 1. The van der Waals surface area contributed by atoms with Gasteiger partial charge in [-0.25, -0.2) is 0 Å². The minimum Gasteiger partial charge on any atom is -0.460 e. The molecular weight excluding hydrogens is 322 g/mol. The second kappa shape index (κ2) is 6.83. The van der Waals surface area contributed by atoms with E-state index in [1.807, 2.05) is 36.5 Å². The molecule has 0 bridgehead atoms. The Morgan fingerprint density at radius 2 is 2.12 bits per heavy atom. The molecule has 24 heavy (non-hydrogen) atoms. The first kappa shape index (κ1) is 15.5. The Labute approximate surface area is 146 Å². The van der Waals surface area contributed by atoms with E-state index in [1.54, 1.807) is 0 Å². The number of benzene rings is 1. The predicted octanol–water partition coefficient (Wildman–Crippen LogP) is 4.70. The Balaban J connectivity index is 1.45. The number of hydrogen-bond acceptors (Lipinski definition) is 3. The zero-order chi connectivity index (χ0) is 16.4. The zero-order valence-corrected chi connectivity index (χ0v) is 14.2. The monoisotopic (exact) mass is 341 g/mol. The fraction of sp³-hybridized carbons (Fsp3) is 0.316. The van der Waals surface area contributed by atoms with Crippen LogP contribution in [0, 0.1) is 0 Å². The first-order valence-corrected chi connectivity index (χ1v) is 8.72. The van der Waals surface area contributed by atoms with Gasteiger partial charge < -0.3 is 4.42 Å². The Bertz CT molecular complexity index is 797. The SMILES string of the molecule is Clc1ccccc1-c1ccc(CN2CCCC(c3ccn[nH]3)C2)o1. The summed E-state index contributed by atoms with van der Waals surface area (Å²) in [4.78, 5) is 2.45. The van der Waals surface area contributed by atoms with Gasteiger partial charge >= 0.3 is 0 Å². The third kappa shape index (κ3) is 3.25. The van der Waals surface area contributed by atoms with E-state index in [4.69, 9.17) is 16.0 Å². The van der Waals surface area contributed by atoms with E-state index in [-0.39, 0.29) is 0 Å². The summed E-state index contributed by atoms with van der Waals surface area (Å²) in [6.45, 7) is 2.96. The summed E-state index contributed by atoms with van der Waals surface area (Å²) >= 11 is 6.26. The average molecular weight is 342 g/mol. The Morgan fingerprint density at radius 1 is 1.21 bits per heavy atom. The van der Waals surface area contributed by atoms with Crippen LogP contribution in [-0.4, -0.2) is 28.2 Å². The van der Waals surface area contributed by atoms with Gasteiger partial charge in [-0.05, 0) is 49.7 Å². The summed E-state index contributed by atoms with van der Waals surface area (Å²) in [5.74, 6) is 2.34. The lowest BCUT2D eigenvalue weighted by atomic mass is 9.95. The lowest BCUT2D eigenvalue weighted by molar-refractivity contribution is 0.186. The number of hydrogen-bond donors (Lipinski definition) is 1. The quantitative estimate of drug-likeness (QED) is 0.748. The first-order chi connectivity index (χ1) is 11.8. The largest absolute Gasteiger partial charge is 0.460 e. The van der Waals surface area contributed by atoms with E-state index in [0.717, 1.165) is 41.7 Å². The van der Waals surface area contributed by atoms with E-state index in [0.29, 0.717) is 5.92 Å². The van der Waals surface area contributed by atoms with Gasteiger partial charge in [-0.2, -0.15) is 5.10 Å². The topological polar surface area (TPSA) is 45.1 Å². The van der Waals surface area contributed by atoms with Gasteiger partial charge in [0.2, 0.25) is 0 Å². The van der Waals surface area contributed by atoms with Crippen LogP contribution < -0.4 is 0 Å². The number of piperidine rings is 1. The van der Waals surface area contributed by atoms with Gasteiger partial charge in [0.05, 0.1) is 11.6 Å². The molecule has 1 unspecified atom stereocenters. The highest BCUT2D eigenvalue weighted by atomic mass is 35.5. The van der Waals surface area contributed by atoms with Gasteiger partial charge in [0.25, 0.3) is 0 Å². The Morgan fingerprint density at radius 3 is 2.96 bits per heavy atom. The van der Waals surface area contributed by atoms with Gasteiger partial charge in [0.15, 0.2) is 0 Å². The lowest BCUT2D eigenvalue weighted by Crippen LogP contribution is -2.33. The molecule has 5 heteroatoms. The predicted molar refractivity (Wildman–Crippen MR) is 95.0 cm³/mol. The van der Waals surface area contributed by atoms with Crippen molar-refractivity contribution in [2.45, 2.75) is 25.3 Å². The van der Waals surface area contributed by atoms with Gasteiger partial charge in [-0.1, -0.05) is 23.7 Å². The summed E-state index contributed by atoms with van der Waals surface area (Å²) in [5.41, 5.74) is 2.18. The molecule has 4 rings (SSSR count). The fourth-order valence-corrected chi connectivity index (χ4v) is 3.66. The van der Waals surface area contributed by atoms with Crippen molar-refractivity contribution >= 4 is 11.6 Å². The van der Waals surface area contributed by atoms with Crippen molar-refractivity contribution in [1.29, 1.82) is 0 Å². The minimum atomic E-state index is 0.527. The Kier molecular flexibility index (Phi) is 4.41. The summed E-state index contributed by atoms with van der Waals surface area (Å²) in [5, 5.41) is 7.90. The third-order valence-electron chi connectivity index (χ3n) is 4.65. The number of likely N-dealkylation sites (tertiary alicyclic amines) is 1. The van der Waals surface area contributed by atoms with Gasteiger partial charge in [-0.15, -0.1) is 0 Å². The molecule has 0 aliphatic carbocycles. The van der Waals surface area contributed by atoms with Crippen LogP contribution in [0.3, 0.4) is 0 Å².